The third kappa shape index (κ3) is 5.36. The molecule has 2 aromatic rings. The molecule has 0 spiro atoms. The minimum Gasteiger partial charge on any atom is -0.389 e. The van der Waals surface area contributed by atoms with Crippen LogP contribution >= 0.6 is 11.3 Å². The van der Waals surface area contributed by atoms with E-state index in [1.165, 1.54) is 11.2 Å². The molecule has 7 nitrogen and oxygen atoms in total. The minimum atomic E-state index is -0.486. The molecule has 3 rings (SSSR count). The highest BCUT2D eigenvalue weighted by molar-refractivity contribution is 7.09. The predicted octanol–water partition coefficient (Wildman–Crippen LogP) is 0.618. The normalized spacial score (nSPS) is 20.7. The van der Waals surface area contributed by atoms with E-state index in [1.807, 2.05) is 17.5 Å². The summed E-state index contributed by atoms with van der Waals surface area (Å²) >= 11 is 1.67. The fraction of sp³-hybridized carbons (Fsp3) is 0.600. The summed E-state index contributed by atoms with van der Waals surface area (Å²) in [5.74, 6) is 0. The van der Waals surface area contributed by atoms with Gasteiger partial charge < -0.3 is 14.6 Å². The van der Waals surface area contributed by atoms with Crippen molar-refractivity contribution in [3.8, 4) is 0 Å². The maximum absolute atomic E-state index is 10.1. The molecule has 0 radical (unpaired) electrons. The van der Waals surface area contributed by atoms with Gasteiger partial charge in [0.25, 0.3) is 0 Å². The van der Waals surface area contributed by atoms with Crippen LogP contribution in [0.15, 0.2) is 30.2 Å². The molecule has 126 valence electrons. The van der Waals surface area contributed by atoms with Gasteiger partial charge in [-0.25, -0.2) is 4.98 Å². The summed E-state index contributed by atoms with van der Waals surface area (Å²) in [4.78, 5) is 7.33. The molecule has 1 fully saturated rings. The number of hydrogen-bond donors (Lipinski definition) is 1. The van der Waals surface area contributed by atoms with Gasteiger partial charge in [-0.1, -0.05) is 6.07 Å². The fourth-order valence-corrected chi connectivity index (χ4v) is 3.27. The summed E-state index contributed by atoms with van der Waals surface area (Å²) in [7, 11) is 0. The van der Waals surface area contributed by atoms with Gasteiger partial charge in [-0.3, -0.25) is 9.58 Å². The Bertz CT molecular complexity index is 549. The van der Waals surface area contributed by atoms with Gasteiger partial charge in [0, 0.05) is 24.5 Å². The molecule has 0 amide bonds. The smallest absolute Gasteiger partial charge is 0.137 e. The maximum atomic E-state index is 10.1. The van der Waals surface area contributed by atoms with Crippen LogP contribution < -0.4 is 0 Å². The van der Waals surface area contributed by atoms with E-state index in [-0.39, 0.29) is 6.10 Å². The summed E-state index contributed by atoms with van der Waals surface area (Å²) < 4.78 is 13.1. The van der Waals surface area contributed by atoms with Gasteiger partial charge in [-0.2, -0.15) is 5.10 Å². The first-order valence-electron chi connectivity index (χ1n) is 7.74. The molecule has 2 atom stereocenters. The number of aliphatic hydroxyl groups is 1. The van der Waals surface area contributed by atoms with Crippen LogP contribution in [0.4, 0.5) is 0 Å². The lowest BCUT2D eigenvalue weighted by atomic mass is 10.2. The topological polar surface area (TPSA) is 72.6 Å². The standard InChI is InChI=1S/C15H22N4O3S/c20-13(9-21-10-15-2-1-5-23-15)6-18-3-4-22-14(7-18)8-19-12-16-11-17-19/h1-2,5,11-14,20H,3-4,6-10H2/t13-,14-/m0/s1. The van der Waals surface area contributed by atoms with E-state index in [1.54, 1.807) is 22.3 Å². The number of aromatic nitrogens is 3. The van der Waals surface area contributed by atoms with Crippen LogP contribution in [-0.2, 0) is 22.6 Å². The number of hydrogen-bond acceptors (Lipinski definition) is 7. The summed E-state index contributed by atoms with van der Waals surface area (Å²) in [6, 6.07) is 4.04. The van der Waals surface area contributed by atoms with Crippen molar-refractivity contribution in [2.45, 2.75) is 25.4 Å². The molecule has 23 heavy (non-hydrogen) atoms. The zero-order valence-corrected chi connectivity index (χ0v) is 13.8. The van der Waals surface area contributed by atoms with E-state index in [2.05, 4.69) is 15.0 Å². The quantitative estimate of drug-likeness (QED) is 0.761. The Labute approximate surface area is 139 Å². The molecule has 3 heterocycles. The third-order valence-electron chi connectivity index (χ3n) is 3.68. The highest BCUT2D eigenvalue weighted by atomic mass is 32.1. The molecule has 0 aromatic carbocycles. The zero-order valence-electron chi connectivity index (χ0n) is 13.0. The molecule has 1 aliphatic heterocycles. The van der Waals surface area contributed by atoms with Crippen molar-refractivity contribution < 1.29 is 14.6 Å². The molecule has 0 saturated carbocycles. The van der Waals surface area contributed by atoms with Gasteiger partial charge in [-0.05, 0) is 11.4 Å². The van der Waals surface area contributed by atoms with Crippen LogP contribution in [0.2, 0.25) is 0 Å². The van der Waals surface area contributed by atoms with Gasteiger partial charge in [0.05, 0.1) is 38.6 Å². The Morgan fingerprint density at radius 1 is 1.52 bits per heavy atom. The van der Waals surface area contributed by atoms with E-state index < -0.39 is 6.10 Å². The van der Waals surface area contributed by atoms with Crippen molar-refractivity contribution in [3.05, 3.63) is 35.0 Å². The van der Waals surface area contributed by atoms with E-state index in [9.17, 15) is 5.11 Å². The average molecular weight is 338 g/mol. The van der Waals surface area contributed by atoms with Crippen molar-refractivity contribution in [2.75, 3.05) is 32.8 Å². The second-order valence-corrected chi connectivity index (χ2v) is 6.65. The number of nitrogens with zero attached hydrogens (tertiary/aromatic N) is 4. The van der Waals surface area contributed by atoms with Crippen LogP contribution in [0.25, 0.3) is 0 Å². The Kier molecular flexibility index (Phi) is 6.12. The highest BCUT2D eigenvalue weighted by Gasteiger charge is 2.22. The molecular formula is C15H22N4O3S. The van der Waals surface area contributed by atoms with Crippen LogP contribution in [0.3, 0.4) is 0 Å². The SMILES string of the molecule is O[C@H](COCc1cccs1)CN1CCO[C@H](Cn2cncn2)C1. The summed E-state index contributed by atoms with van der Waals surface area (Å²) in [6.07, 6.45) is 2.80. The first-order valence-corrected chi connectivity index (χ1v) is 8.62. The van der Waals surface area contributed by atoms with Crippen molar-refractivity contribution in [1.82, 2.24) is 19.7 Å². The monoisotopic (exact) mass is 338 g/mol. The number of aliphatic hydroxyl groups excluding tert-OH is 1. The van der Waals surface area contributed by atoms with Crippen molar-refractivity contribution in [2.24, 2.45) is 0 Å². The first-order chi connectivity index (χ1) is 11.3. The minimum absolute atomic E-state index is 0.0738. The molecule has 0 bridgehead atoms. The lowest BCUT2D eigenvalue weighted by Crippen LogP contribution is -2.47. The van der Waals surface area contributed by atoms with Crippen LogP contribution in [0.5, 0.6) is 0 Å². The summed E-state index contributed by atoms with van der Waals surface area (Å²) in [5, 5.41) is 16.3. The van der Waals surface area contributed by atoms with Gasteiger partial charge in [0.15, 0.2) is 0 Å². The lowest BCUT2D eigenvalue weighted by molar-refractivity contribution is -0.0582. The van der Waals surface area contributed by atoms with Crippen molar-refractivity contribution >= 4 is 11.3 Å². The molecule has 1 saturated heterocycles. The molecule has 0 aliphatic carbocycles. The van der Waals surface area contributed by atoms with Crippen molar-refractivity contribution in [1.29, 1.82) is 0 Å². The number of β-amino-alcohol motifs (C(OH)–C–C–N with tert-alkyl or cyclic N) is 1. The van der Waals surface area contributed by atoms with Gasteiger partial charge in [0.1, 0.15) is 12.7 Å². The second kappa shape index (κ2) is 8.51. The van der Waals surface area contributed by atoms with Crippen LogP contribution in [0, 0.1) is 0 Å². The Hall–Kier alpha value is -1.32. The number of morpholine rings is 1. The van der Waals surface area contributed by atoms with Gasteiger partial charge in [-0.15, -0.1) is 11.3 Å². The first kappa shape index (κ1) is 16.5. The molecule has 1 N–H and O–H groups in total. The summed E-state index contributed by atoms with van der Waals surface area (Å²) in [5.41, 5.74) is 0. The molecule has 1 aliphatic rings. The predicted molar refractivity (Wildman–Crippen MR) is 86.2 cm³/mol. The maximum Gasteiger partial charge on any atom is 0.137 e. The highest BCUT2D eigenvalue weighted by Crippen LogP contribution is 2.11. The molecular weight excluding hydrogens is 316 g/mol. The zero-order chi connectivity index (χ0) is 15.9. The van der Waals surface area contributed by atoms with E-state index in [4.69, 9.17) is 9.47 Å². The lowest BCUT2D eigenvalue weighted by Gasteiger charge is -2.33. The Morgan fingerprint density at radius 3 is 3.26 bits per heavy atom. The van der Waals surface area contributed by atoms with E-state index >= 15 is 0 Å². The van der Waals surface area contributed by atoms with Crippen LogP contribution in [-0.4, -0.2) is 69.8 Å². The Balaban J connectivity index is 1.36. The van der Waals surface area contributed by atoms with Gasteiger partial charge in [0.2, 0.25) is 0 Å². The van der Waals surface area contributed by atoms with Crippen molar-refractivity contribution in [3.63, 3.8) is 0 Å². The number of rotatable bonds is 8. The fourth-order valence-electron chi connectivity index (χ4n) is 2.63. The van der Waals surface area contributed by atoms with Gasteiger partial charge >= 0.3 is 0 Å². The molecule has 0 unspecified atom stereocenters. The third-order valence-corrected chi connectivity index (χ3v) is 4.53. The van der Waals surface area contributed by atoms with E-state index in [0.29, 0.717) is 32.9 Å². The van der Waals surface area contributed by atoms with Crippen LogP contribution in [0.1, 0.15) is 4.88 Å². The molecule has 2 aromatic heterocycles. The Morgan fingerprint density at radius 2 is 2.48 bits per heavy atom. The number of thiophene rings is 1. The molecule has 8 heteroatoms. The van der Waals surface area contributed by atoms with E-state index in [0.717, 1.165) is 13.1 Å². The summed E-state index contributed by atoms with van der Waals surface area (Å²) in [6.45, 7) is 4.47. The largest absolute Gasteiger partial charge is 0.389 e. The average Bonchev–Trinajstić information content (AvgIpc) is 3.21. The second-order valence-electron chi connectivity index (χ2n) is 5.62. The number of ether oxygens (including phenoxy) is 2.